The van der Waals surface area contributed by atoms with Crippen molar-refractivity contribution in [1.29, 1.82) is 0 Å². The average molecular weight is 243 g/mol. The minimum absolute atomic E-state index is 0.405. The smallest absolute Gasteiger partial charge is 0.167 e. The standard InChI is InChI=1S/C12H13N5O/c1-17(6-9-5-12(13)16-18-9)8-2-3-10-11(4-8)15-7-14-10/h2-5,7H,6H2,1H3,(H2,13,16)(H,14,15). The van der Waals surface area contributed by atoms with Gasteiger partial charge in [0.1, 0.15) is 0 Å². The minimum Gasteiger partial charge on any atom is -0.381 e. The lowest BCUT2D eigenvalue weighted by Gasteiger charge is -2.17. The molecular weight excluding hydrogens is 230 g/mol. The van der Waals surface area contributed by atoms with Crippen molar-refractivity contribution in [3.63, 3.8) is 0 Å². The number of anilines is 2. The van der Waals surface area contributed by atoms with Crippen LogP contribution in [0.2, 0.25) is 0 Å². The number of hydrogen-bond acceptors (Lipinski definition) is 5. The Balaban J connectivity index is 1.84. The monoisotopic (exact) mass is 243 g/mol. The zero-order valence-corrected chi connectivity index (χ0v) is 9.92. The summed E-state index contributed by atoms with van der Waals surface area (Å²) in [6, 6.07) is 7.77. The van der Waals surface area contributed by atoms with Gasteiger partial charge in [-0.05, 0) is 18.2 Å². The Bertz CT molecular complexity index is 672. The van der Waals surface area contributed by atoms with Gasteiger partial charge in [-0.25, -0.2) is 4.98 Å². The van der Waals surface area contributed by atoms with E-state index in [9.17, 15) is 0 Å². The lowest BCUT2D eigenvalue weighted by Crippen LogP contribution is -2.15. The predicted octanol–water partition coefficient (Wildman–Crippen LogP) is 1.77. The molecule has 0 radical (unpaired) electrons. The number of imidazole rings is 1. The maximum atomic E-state index is 5.52. The number of nitrogens with zero attached hydrogens (tertiary/aromatic N) is 3. The first-order valence-corrected chi connectivity index (χ1v) is 5.58. The zero-order valence-electron chi connectivity index (χ0n) is 9.92. The normalized spacial score (nSPS) is 10.9. The number of nitrogen functional groups attached to an aromatic ring is 1. The molecule has 0 fully saturated rings. The van der Waals surface area contributed by atoms with Gasteiger partial charge < -0.3 is 20.1 Å². The SMILES string of the molecule is CN(Cc1cc(N)no1)c1ccc2nc[nH]c2c1. The van der Waals surface area contributed by atoms with Crippen LogP contribution >= 0.6 is 0 Å². The molecule has 0 saturated carbocycles. The highest BCUT2D eigenvalue weighted by Crippen LogP contribution is 2.20. The second-order valence-corrected chi connectivity index (χ2v) is 4.18. The lowest BCUT2D eigenvalue weighted by molar-refractivity contribution is 0.385. The largest absolute Gasteiger partial charge is 0.381 e. The molecule has 0 aliphatic rings. The number of benzene rings is 1. The topological polar surface area (TPSA) is 84.0 Å². The molecule has 2 aromatic heterocycles. The van der Waals surface area contributed by atoms with E-state index in [1.165, 1.54) is 0 Å². The van der Waals surface area contributed by atoms with Gasteiger partial charge in [0.05, 0.1) is 23.9 Å². The first kappa shape index (κ1) is 10.6. The summed E-state index contributed by atoms with van der Waals surface area (Å²) in [5, 5.41) is 3.66. The lowest BCUT2D eigenvalue weighted by atomic mass is 10.2. The van der Waals surface area contributed by atoms with Gasteiger partial charge in [0, 0.05) is 18.8 Å². The van der Waals surface area contributed by atoms with E-state index in [1.807, 2.05) is 25.2 Å². The van der Waals surface area contributed by atoms with E-state index in [2.05, 4.69) is 20.0 Å². The molecule has 0 saturated heterocycles. The van der Waals surface area contributed by atoms with Gasteiger partial charge in [-0.2, -0.15) is 0 Å². The average Bonchev–Trinajstić information content (AvgIpc) is 2.96. The van der Waals surface area contributed by atoms with Crippen molar-refractivity contribution in [1.82, 2.24) is 15.1 Å². The van der Waals surface area contributed by atoms with Crippen LogP contribution in [0.25, 0.3) is 11.0 Å². The molecule has 3 N–H and O–H groups in total. The van der Waals surface area contributed by atoms with Crippen molar-refractivity contribution in [2.75, 3.05) is 17.7 Å². The summed E-state index contributed by atoms with van der Waals surface area (Å²) in [5.74, 6) is 1.14. The van der Waals surface area contributed by atoms with Crippen LogP contribution < -0.4 is 10.6 Å². The van der Waals surface area contributed by atoms with Crippen LogP contribution in [0, 0.1) is 0 Å². The molecule has 2 heterocycles. The molecule has 6 nitrogen and oxygen atoms in total. The van der Waals surface area contributed by atoms with E-state index in [1.54, 1.807) is 12.4 Å². The Kier molecular flexibility index (Phi) is 2.40. The Morgan fingerprint density at radius 3 is 3.06 bits per heavy atom. The second-order valence-electron chi connectivity index (χ2n) is 4.18. The maximum absolute atomic E-state index is 5.52. The molecule has 0 aliphatic heterocycles. The van der Waals surface area contributed by atoms with Gasteiger partial charge in [-0.3, -0.25) is 0 Å². The summed E-state index contributed by atoms with van der Waals surface area (Å²) in [7, 11) is 1.98. The fourth-order valence-corrected chi connectivity index (χ4v) is 1.89. The molecule has 0 atom stereocenters. The Morgan fingerprint density at radius 1 is 1.39 bits per heavy atom. The molecule has 3 aromatic rings. The molecule has 0 amide bonds. The first-order valence-electron chi connectivity index (χ1n) is 5.58. The van der Waals surface area contributed by atoms with Crippen molar-refractivity contribution in [2.24, 2.45) is 0 Å². The van der Waals surface area contributed by atoms with Gasteiger partial charge in [0.15, 0.2) is 11.6 Å². The van der Waals surface area contributed by atoms with Crippen LogP contribution in [0.3, 0.4) is 0 Å². The van der Waals surface area contributed by atoms with Crippen LogP contribution in [0.1, 0.15) is 5.76 Å². The van der Waals surface area contributed by atoms with Crippen molar-refractivity contribution in [3.8, 4) is 0 Å². The highest BCUT2D eigenvalue weighted by atomic mass is 16.5. The van der Waals surface area contributed by atoms with Crippen molar-refractivity contribution in [2.45, 2.75) is 6.54 Å². The van der Waals surface area contributed by atoms with E-state index in [0.29, 0.717) is 12.4 Å². The van der Waals surface area contributed by atoms with Crippen LogP contribution in [0.5, 0.6) is 0 Å². The molecule has 3 rings (SSSR count). The Labute approximate surface area is 103 Å². The number of nitrogens with two attached hydrogens (primary N) is 1. The fraction of sp³-hybridized carbons (Fsp3) is 0.167. The Morgan fingerprint density at radius 2 is 2.28 bits per heavy atom. The zero-order chi connectivity index (χ0) is 12.5. The number of fused-ring (bicyclic) bond motifs is 1. The third-order valence-corrected chi connectivity index (χ3v) is 2.81. The van der Waals surface area contributed by atoms with Gasteiger partial charge in [0.2, 0.25) is 0 Å². The molecular formula is C12H13N5O. The molecule has 1 aromatic carbocycles. The number of aromatic nitrogens is 3. The third-order valence-electron chi connectivity index (χ3n) is 2.81. The Hall–Kier alpha value is -2.50. The van der Waals surface area contributed by atoms with Gasteiger partial charge in [0.25, 0.3) is 0 Å². The van der Waals surface area contributed by atoms with E-state index in [4.69, 9.17) is 10.3 Å². The molecule has 0 aliphatic carbocycles. The first-order chi connectivity index (χ1) is 8.72. The highest BCUT2D eigenvalue weighted by Gasteiger charge is 2.07. The quantitative estimate of drug-likeness (QED) is 0.732. The van der Waals surface area contributed by atoms with E-state index in [-0.39, 0.29) is 0 Å². The molecule has 6 heteroatoms. The number of rotatable bonds is 3. The molecule has 92 valence electrons. The van der Waals surface area contributed by atoms with Gasteiger partial charge >= 0.3 is 0 Å². The van der Waals surface area contributed by atoms with E-state index < -0.39 is 0 Å². The van der Waals surface area contributed by atoms with E-state index >= 15 is 0 Å². The van der Waals surface area contributed by atoms with Crippen molar-refractivity contribution in [3.05, 3.63) is 36.4 Å². The summed E-state index contributed by atoms with van der Waals surface area (Å²) in [4.78, 5) is 9.33. The number of aromatic amines is 1. The second kappa shape index (κ2) is 4.06. The number of H-pyrrole nitrogens is 1. The van der Waals surface area contributed by atoms with Crippen molar-refractivity contribution < 1.29 is 4.52 Å². The van der Waals surface area contributed by atoms with E-state index in [0.717, 1.165) is 22.5 Å². The minimum atomic E-state index is 0.405. The summed E-state index contributed by atoms with van der Waals surface area (Å²) >= 11 is 0. The highest BCUT2D eigenvalue weighted by molar-refractivity contribution is 5.78. The van der Waals surface area contributed by atoms with Gasteiger partial charge in [-0.15, -0.1) is 0 Å². The summed E-state index contributed by atoms with van der Waals surface area (Å²) in [6.07, 6.45) is 1.69. The predicted molar refractivity (Wildman–Crippen MR) is 69.1 cm³/mol. The van der Waals surface area contributed by atoms with Crippen LogP contribution in [-0.4, -0.2) is 22.2 Å². The van der Waals surface area contributed by atoms with Crippen LogP contribution in [0.4, 0.5) is 11.5 Å². The van der Waals surface area contributed by atoms with Crippen molar-refractivity contribution >= 4 is 22.5 Å². The maximum Gasteiger partial charge on any atom is 0.167 e. The third kappa shape index (κ3) is 1.88. The van der Waals surface area contributed by atoms with Gasteiger partial charge in [-0.1, -0.05) is 5.16 Å². The fourth-order valence-electron chi connectivity index (χ4n) is 1.89. The number of hydrogen-bond donors (Lipinski definition) is 2. The summed E-state index contributed by atoms with van der Waals surface area (Å²) in [5.41, 5.74) is 8.55. The molecule has 0 bridgehead atoms. The summed E-state index contributed by atoms with van der Waals surface area (Å²) < 4.78 is 5.09. The molecule has 0 spiro atoms. The number of nitrogens with one attached hydrogen (secondary N) is 1. The molecule has 0 unspecified atom stereocenters. The van der Waals surface area contributed by atoms with Crippen LogP contribution in [0.15, 0.2) is 35.1 Å². The van der Waals surface area contributed by atoms with Crippen LogP contribution in [-0.2, 0) is 6.54 Å². The molecule has 18 heavy (non-hydrogen) atoms. The summed E-state index contributed by atoms with van der Waals surface area (Å²) in [6.45, 7) is 0.615.